The van der Waals surface area contributed by atoms with Gasteiger partial charge in [-0.05, 0) is 51.0 Å². The Bertz CT molecular complexity index is 844. The molecular formula is C22H28N4O3. The van der Waals surface area contributed by atoms with Crippen molar-refractivity contribution in [1.82, 2.24) is 15.3 Å². The van der Waals surface area contributed by atoms with E-state index < -0.39 is 0 Å². The lowest BCUT2D eigenvalue weighted by molar-refractivity contribution is 0.0526. The Morgan fingerprint density at radius 3 is 2.41 bits per heavy atom. The molecule has 1 fully saturated rings. The number of nitrogens with zero attached hydrogens (tertiary/aromatic N) is 2. The highest BCUT2D eigenvalue weighted by Crippen LogP contribution is 2.19. The SMILES string of the molecule is CCOC(=O)c1ccc(Nc2cc(C(=O)NC3CCCCCC3)nc(C)n2)cc1. The summed E-state index contributed by atoms with van der Waals surface area (Å²) in [5, 5.41) is 6.29. The topological polar surface area (TPSA) is 93.2 Å². The number of ether oxygens (including phenoxy) is 1. The number of carbonyl (C=O) groups excluding carboxylic acids is 2. The van der Waals surface area contributed by atoms with Gasteiger partial charge in [0.1, 0.15) is 17.3 Å². The van der Waals surface area contributed by atoms with Crippen LogP contribution >= 0.6 is 0 Å². The molecule has 0 unspecified atom stereocenters. The Morgan fingerprint density at radius 1 is 1.07 bits per heavy atom. The van der Waals surface area contributed by atoms with Crippen molar-refractivity contribution < 1.29 is 14.3 Å². The molecular weight excluding hydrogens is 368 g/mol. The Morgan fingerprint density at radius 2 is 1.76 bits per heavy atom. The molecule has 2 N–H and O–H groups in total. The summed E-state index contributed by atoms with van der Waals surface area (Å²) in [7, 11) is 0. The van der Waals surface area contributed by atoms with Gasteiger partial charge in [-0.2, -0.15) is 0 Å². The fourth-order valence-electron chi connectivity index (χ4n) is 3.48. The van der Waals surface area contributed by atoms with Crippen LogP contribution in [0.2, 0.25) is 0 Å². The van der Waals surface area contributed by atoms with Crippen LogP contribution in [0.25, 0.3) is 0 Å². The fraction of sp³-hybridized carbons (Fsp3) is 0.455. The third-order valence-electron chi connectivity index (χ3n) is 4.93. The minimum absolute atomic E-state index is 0.164. The average molecular weight is 396 g/mol. The van der Waals surface area contributed by atoms with Crippen molar-refractivity contribution in [1.29, 1.82) is 0 Å². The van der Waals surface area contributed by atoms with Crippen LogP contribution in [-0.2, 0) is 4.74 Å². The molecule has 0 aliphatic heterocycles. The number of anilines is 2. The third-order valence-corrected chi connectivity index (χ3v) is 4.93. The van der Waals surface area contributed by atoms with E-state index in [9.17, 15) is 9.59 Å². The molecule has 1 aromatic carbocycles. The van der Waals surface area contributed by atoms with E-state index in [0.717, 1.165) is 31.4 Å². The van der Waals surface area contributed by atoms with Gasteiger partial charge < -0.3 is 15.4 Å². The molecule has 0 saturated heterocycles. The largest absolute Gasteiger partial charge is 0.462 e. The van der Waals surface area contributed by atoms with Crippen LogP contribution in [0.15, 0.2) is 30.3 Å². The maximum atomic E-state index is 12.7. The van der Waals surface area contributed by atoms with Gasteiger partial charge in [-0.1, -0.05) is 25.7 Å². The maximum Gasteiger partial charge on any atom is 0.338 e. The number of aromatic nitrogens is 2. The second-order valence-corrected chi connectivity index (χ2v) is 7.27. The van der Waals surface area contributed by atoms with Gasteiger partial charge in [-0.3, -0.25) is 4.79 Å². The molecule has 1 saturated carbocycles. The van der Waals surface area contributed by atoms with Crippen LogP contribution in [0.5, 0.6) is 0 Å². The number of nitrogens with one attached hydrogen (secondary N) is 2. The molecule has 0 radical (unpaired) electrons. The molecule has 29 heavy (non-hydrogen) atoms. The second-order valence-electron chi connectivity index (χ2n) is 7.27. The molecule has 7 nitrogen and oxygen atoms in total. The highest BCUT2D eigenvalue weighted by atomic mass is 16.5. The quantitative estimate of drug-likeness (QED) is 0.563. The fourth-order valence-corrected chi connectivity index (χ4v) is 3.48. The van der Waals surface area contributed by atoms with E-state index in [0.29, 0.717) is 29.5 Å². The van der Waals surface area contributed by atoms with Crippen molar-refractivity contribution in [2.75, 3.05) is 11.9 Å². The first-order chi connectivity index (χ1) is 14.0. The van der Waals surface area contributed by atoms with Gasteiger partial charge in [-0.25, -0.2) is 14.8 Å². The monoisotopic (exact) mass is 396 g/mol. The summed E-state index contributed by atoms with van der Waals surface area (Å²) in [6.07, 6.45) is 6.83. The Balaban J connectivity index is 1.68. The molecule has 3 rings (SSSR count). The number of esters is 1. The molecule has 0 spiro atoms. The number of carbonyl (C=O) groups is 2. The first-order valence-electron chi connectivity index (χ1n) is 10.3. The van der Waals surface area contributed by atoms with Crippen LogP contribution in [0.4, 0.5) is 11.5 Å². The molecule has 0 bridgehead atoms. The van der Waals surface area contributed by atoms with Gasteiger partial charge in [0, 0.05) is 17.8 Å². The molecule has 1 aliphatic carbocycles. The van der Waals surface area contributed by atoms with Crippen molar-refractivity contribution in [3.63, 3.8) is 0 Å². The molecule has 0 atom stereocenters. The molecule has 1 aliphatic rings. The predicted octanol–water partition coefficient (Wildman–Crippen LogP) is 4.16. The van der Waals surface area contributed by atoms with Crippen molar-refractivity contribution in [3.05, 3.63) is 47.4 Å². The van der Waals surface area contributed by atoms with Gasteiger partial charge in [0.15, 0.2) is 0 Å². The summed E-state index contributed by atoms with van der Waals surface area (Å²) in [6.45, 7) is 3.87. The zero-order chi connectivity index (χ0) is 20.6. The molecule has 1 aromatic heterocycles. The zero-order valence-corrected chi connectivity index (χ0v) is 17.0. The lowest BCUT2D eigenvalue weighted by Gasteiger charge is -2.16. The lowest BCUT2D eigenvalue weighted by atomic mass is 10.1. The average Bonchev–Trinajstić information content (AvgIpc) is 2.97. The summed E-state index contributed by atoms with van der Waals surface area (Å²) < 4.78 is 4.99. The van der Waals surface area contributed by atoms with Crippen molar-refractivity contribution in [3.8, 4) is 0 Å². The van der Waals surface area contributed by atoms with Crippen molar-refractivity contribution >= 4 is 23.4 Å². The summed E-state index contributed by atoms with van der Waals surface area (Å²) in [4.78, 5) is 33.1. The minimum atomic E-state index is -0.352. The normalized spacial score (nSPS) is 14.7. The Kier molecular flexibility index (Phi) is 7.16. The van der Waals surface area contributed by atoms with E-state index in [1.165, 1.54) is 12.8 Å². The lowest BCUT2D eigenvalue weighted by Crippen LogP contribution is -2.35. The van der Waals surface area contributed by atoms with Crippen molar-refractivity contribution in [2.45, 2.75) is 58.4 Å². The standard InChI is InChI=1S/C22H28N4O3/c1-3-29-22(28)16-10-12-18(13-11-16)25-20-14-19(23-15(2)24-20)21(27)26-17-8-6-4-5-7-9-17/h10-14,17H,3-9H2,1-2H3,(H,26,27)(H,23,24,25). The highest BCUT2D eigenvalue weighted by molar-refractivity contribution is 5.93. The summed E-state index contributed by atoms with van der Waals surface area (Å²) >= 11 is 0. The first-order valence-corrected chi connectivity index (χ1v) is 10.3. The van der Waals surface area contributed by atoms with E-state index >= 15 is 0 Å². The molecule has 1 amide bonds. The number of rotatable bonds is 6. The van der Waals surface area contributed by atoms with Gasteiger partial charge in [-0.15, -0.1) is 0 Å². The molecule has 154 valence electrons. The van der Waals surface area contributed by atoms with E-state index in [1.807, 2.05) is 0 Å². The molecule has 1 heterocycles. The van der Waals surface area contributed by atoms with Gasteiger partial charge in [0.25, 0.3) is 5.91 Å². The zero-order valence-electron chi connectivity index (χ0n) is 17.0. The van der Waals surface area contributed by atoms with Gasteiger partial charge in [0.05, 0.1) is 12.2 Å². The van der Waals surface area contributed by atoms with Gasteiger partial charge >= 0.3 is 5.97 Å². The summed E-state index contributed by atoms with van der Waals surface area (Å²) in [5.74, 6) is 0.536. The molecule has 2 aromatic rings. The van der Waals surface area contributed by atoms with E-state index in [2.05, 4.69) is 20.6 Å². The van der Waals surface area contributed by atoms with Crippen LogP contribution in [0.3, 0.4) is 0 Å². The van der Waals surface area contributed by atoms with Crippen LogP contribution in [0, 0.1) is 6.92 Å². The van der Waals surface area contributed by atoms with Gasteiger partial charge in [0.2, 0.25) is 0 Å². The molecule has 7 heteroatoms. The Hall–Kier alpha value is -2.96. The number of hydrogen-bond acceptors (Lipinski definition) is 6. The number of aryl methyl sites for hydroxylation is 1. The Labute approximate surface area is 171 Å². The summed E-state index contributed by atoms with van der Waals surface area (Å²) in [6, 6.07) is 8.79. The van der Waals surface area contributed by atoms with E-state index in [-0.39, 0.29) is 17.9 Å². The van der Waals surface area contributed by atoms with E-state index in [4.69, 9.17) is 4.74 Å². The smallest absolute Gasteiger partial charge is 0.338 e. The number of benzene rings is 1. The van der Waals surface area contributed by atoms with Crippen molar-refractivity contribution in [2.24, 2.45) is 0 Å². The number of amides is 1. The second kappa shape index (κ2) is 10.0. The van der Waals surface area contributed by atoms with Crippen LogP contribution < -0.4 is 10.6 Å². The first kappa shape index (κ1) is 20.8. The minimum Gasteiger partial charge on any atom is -0.462 e. The predicted molar refractivity (Wildman–Crippen MR) is 111 cm³/mol. The highest BCUT2D eigenvalue weighted by Gasteiger charge is 2.17. The van der Waals surface area contributed by atoms with Crippen LogP contribution in [-0.4, -0.2) is 34.5 Å². The third kappa shape index (κ3) is 6.01. The number of hydrogen-bond donors (Lipinski definition) is 2. The summed E-state index contributed by atoms with van der Waals surface area (Å²) in [5.41, 5.74) is 1.60. The van der Waals surface area contributed by atoms with E-state index in [1.54, 1.807) is 44.2 Å². The van der Waals surface area contributed by atoms with Crippen LogP contribution in [0.1, 0.15) is 72.1 Å². The maximum absolute atomic E-state index is 12.7.